The molecule has 1 unspecified atom stereocenters. The predicted molar refractivity (Wildman–Crippen MR) is 98.1 cm³/mol. The average Bonchev–Trinajstić information content (AvgIpc) is 3.12. The van der Waals surface area contributed by atoms with Crippen LogP contribution in [0.2, 0.25) is 0 Å². The van der Waals surface area contributed by atoms with Gasteiger partial charge in [0.1, 0.15) is 12.4 Å². The Hall–Kier alpha value is -2.60. The molecule has 1 aliphatic heterocycles. The number of nitrogens with one attached hydrogen (secondary N) is 1. The monoisotopic (exact) mass is 358 g/mol. The smallest absolute Gasteiger partial charge is 0.241 e. The first-order chi connectivity index (χ1) is 12.7. The summed E-state index contributed by atoms with van der Waals surface area (Å²) in [5.74, 6) is 0.586. The van der Waals surface area contributed by atoms with Gasteiger partial charge < -0.3 is 14.8 Å². The lowest BCUT2D eigenvalue weighted by Gasteiger charge is -2.23. The molecule has 2 aromatic rings. The number of carbonyl (C=O) groups is 1. The molecule has 1 N–H and O–H groups in total. The second-order valence-electron chi connectivity index (χ2n) is 6.19. The molecule has 6 heteroatoms. The number of rotatable bonds is 7. The zero-order chi connectivity index (χ0) is 18.4. The molecule has 138 valence electrons. The van der Waals surface area contributed by atoms with E-state index in [1.165, 1.54) is 6.07 Å². The zero-order valence-corrected chi connectivity index (χ0v) is 14.8. The molecule has 0 aromatic heterocycles. The van der Waals surface area contributed by atoms with Crippen LogP contribution in [-0.4, -0.2) is 43.7 Å². The van der Waals surface area contributed by atoms with Gasteiger partial charge in [0, 0.05) is 12.2 Å². The largest absolute Gasteiger partial charge is 0.497 e. The van der Waals surface area contributed by atoms with Crippen molar-refractivity contribution in [1.29, 1.82) is 0 Å². The van der Waals surface area contributed by atoms with Gasteiger partial charge in [-0.05, 0) is 55.8 Å². The number of hydrogen-bond donors (Lipinski definition) is 1. The fourth-order valence-electron chi connectivity index (χ4n) is 3.13. The number of ether oxygens (including phenoxy) is 2. The molecule has 0 saturated carbocycles. The SMILES string of the molecule is COc1ccc(NC(=O)C2CCCN2CCOc2ccccc2F)cc1. The third kappa shape index (κ3) is 4.52. The van der Waals surface area contributed by atoms with E-state index in [1.54, 1.807) is 25.3 Å². The number of amides is 1. The number of nitrogens with zero attached hydrogens (tertiary/aromatic N) is 1. The summed E-state index contributed by atoms with van der Waals surface area (Å²) >= 11 is 0. The lowest BCUT2D eigenvalue weighted by Crippen LogP contribution is -2.41. The van der Waals surface area contributed by atoms with Crippen molar-refractivity contribution in [3.63, 3.8) is 0 Å². The van der Waals surface area contributed by atoms with Gasteiger partial charge in [0.15, 0.2) is 11.6 Å². The van der Waals surface area contributed by atoms with Gasteiger partial charge in [-0.3, -0.25) is 9.69 Å². The number of likely N-dealkylation sites (tertiary alicyclic amines) is 1. The standard InChI is InChI=1S/C20H23FN2O3/c1-25-16-10-8-15(9-11-16)22-20(24)18-6-4-12-23(18)13-14-26-19-7-3-2-5-17(19)21/h2-3,5,7-11,18H,4,6,12-14H2,1H3,(H,22,24). The molecule has 3 rings (SSSR count). The lowest BCUT2D eigenvalue weighted by atomic mass is 10.2. The van der Waals surface area contributed by atoms with E-state index in [0.717, 1.165) is 30.8 Å². The molecule has 1 aliphatic rings. The number of halogens is 1. The molecule has 1 heterocycles. The van der Waals surface area contributed by atoms with Crippen LogP contribution in [0.25, 0.3) is 0 Å². The Morgan fingerprint density at radius 2 is 2.00 bits per heavy atom. The molecule has 1 fully saturated rings. The fraction of sp³-hybridized carbons (Fsp3) is 0.350. The van der Waals surface area contributed by atoms with Crippen LogP contribution in [0.5, 0.6) is 11.5 Å². The third-order valence-electron chi connectivity index (χ3n) is 4.50. The van der Waals surface area contributed by atoms with E-state index in [2.05, 4.69) is 10.2 Å². The van der Waals surface area contributed by atoms with E-state index in [4.69, 9.17) is 9.47 Å². The summed E-state index contributed by atoms with van der Waals surface area (Å²) in [4.78, 5) is 14.7. The number of hydrogen-bond acceptors (Lipinski definition) is 4. The van der Waals surface area contributed by atoms with Gasteiger partial charge in [0.2, 0.25) is 5.91 Å². The minimum absolute atomic E-state index is 0.0291. The highest BCUT2D eigenvalue weighted by atomic mass is 19.1. The summed E-state index contributed by atoms with van der Waals surface area (Å²) in [6.07, 6.45) is 1.77. The highest BCUT2D eigenvalue weighted by molar-refractivity contribution is 5.95. The second kappa shape index (κ2) is 8.67. The maximum atomic E-state index is 13.6. The number of anilines is 1. The summed E-state index contributed by atoms with van der Waals surface area (Å²) in [6, 6.07) is 13.4. The highest BCUT2D eigenvalue weighted by Crippen LogP contribution is 2.21. The molecule has 0 bridgehead atoms. The molecule has 0 spiro atoms. The van der Waals surface area contributed by atoms with Crippen LogP contribution in [0.4, 0.5) is 10.1 Å². The van der Waals surface area contributed by atoms with Gasteiger partial charge in [-0.25, -0.2) is 4.39 Å². The van der Waals surface area contributed by atoms with Crippen molar-refractivity contribution in [2.75, 3.05) is 32.1 Å². The average molecular weight is 358 g/mol. The molecule has 1 amide bonds. The summed E-state index contributed by atoms with van der Waals surface area (Å²) in [6.45, 7) is 1.75. The van der Waals surface area contributed by atoms with Gasteiger partial charge in [-0.1, -0.05) is 12.1 Å². The van der Waals surface area contributed by atoms with E-state index >= 15 is 0 Å². The van der Waals surface area contributed by atoms with Gasteiger partial charge in [0.05, 0.1) is 13.2 Å². The summed E-state index contributed by atoms with van der Waals surface area (Å²) in [7, 11) is 1.60. The minimum Gasteiger partial charge on any atom is -0.497 e. The molecule has 0 radical (unpaired) electrons. The van der Waals surface area contributed by atoms with E-state index < -0.39 is 0 Å². The van der Waals surface area contributed by atoms with Gasteiger partial charge in [0.25, 0.3) is 0 Å². The van der Waals surface area contributed by atoms with Crippen LogP contribution in [0.3, 0.4) is 0 Å². The lowest BCUT2D eigenvalue weighted by molar-refractivity contribution is -0.120. The number of benzene rings is 2. The van der Waals surface area contributed by atoms with E-state index in [1.807, 2.05) is 24.3 Å². The molecule has 5 nitrogen and oxygen atoms in total. The Morgan fingerprint density at radius 1 is 1.23 bits per heavy atom. The fourth-order valence-corrected chi connectivity index (χ4v) is 3.13. The van der Waals surface area contributed by atoms with Gasteiger partial charge in [-0.15, -0.1) is 0 Å². The Labute approximate surface area is 152 Å². The molecular weight excluding hydrogens is 335 g/mol. The Morgan fingerprint density at radius 3 is 2.73 bits per heavy atom. The van der Waals surface area contributed by atoms with Gasteiger partial charge in [-0.2, -0.15) is 0 Å². The number of para-hydroxylation sites is 1. The van der Waals surface area contributed by atoms with Crippen LogP contribution in [0.15, 0.2) is 48.5 Å². The minimum atomic E-state index is -0.372. The van der Waals surface area contributed by atoms with Crippen LogP contribution in [0.1, 0.15) is 12.8 Å². The molecule has 2 aromatic carbocycles. The van der Waals surface area contributed by atoms with Crippen molar-refractivity contribution >= 4 is 11.6 Å². The van der Waals surface area contributed by atoms with Crippen LogP contribution >= 0.6 is 0 Å². The summed E-state index contributed by atoms with van der Waals surface area (Å²) in [5, 5.41) is 2.95. The molecule has 0 aliphatic carbocycles. The van der Waals surface area contributed by atoms with Crippen molar-refractivity contribution in [1.82, 2.24) is 4.90 Å². The van der Waals surface area contributed by atoms with Crippen LogP contribution < -0.4 is 14.8 Å². The summed E-state index contributed by atoms with van der Waals surface area (Å²) in [5.41, 5.74) is 0.741. The second-order valence-corrected chi connectivity index (χ2v) is 6.19. The molecular formula is C20H23FN2O3. The highest BCUT2D eigenvalue weighted by Gasteiger charge is 2.30. The first-order valence-electron chi connectivity index (χ1n) is 8.73. The number of methoxy groups -OCH3 is 1. The van der Waals surface area contributed by atoms with E-state index in [9.17, 15) is 9.18 Å². The Balaban J connectivity index is 1.52. The molecule has 1 saturated heterocycles. The first-order valence-corrected chi connectivity index (χ1v) is 8.73. The third-order valence-corrected chi connectivity index (χ3v) is 4.50. The van der Waals surface area contributed by atoms with E-state index in [-0.39, 0.29) is 23.5 Å². The molecule has 1 atom stereocenters. The normalized spacial score (nSPS) is 17.1. The quantitative estimate of drug-likeness (QED) is 0.825. The zero-order valence-electron chi connectivity index (χ0n) is 14.8. The van der Waals surface area contributed by atoms with E-state index in [0.29, 0.717) is 13.2 Å². The van der Waals surface area contributed by atoms with Crippen molar-refractivity contribution in [3.8, 4) is 11.5 Å². The van der Waals surface area contributed by atoms with Crippen molar-refractivity contribution in [2.45, 2.75) is 18.9 Å². The van der Waals surface area contributed by atoms with Crippen molar-refractivity contribution in [3.05, 3.63) is 54.3 Å². The molecule has 26 heavy (non-hydrogen) atoms. The predicted octanol–water partition coefficient (Wildman–Crippen LogP) is 3.32. The van der Waals surface area contributed by atoms with Crippen molar-refractivity contribution in [2.24, 2.45) is 0 Å². The Kier molecular flexibility index (Phi) is 6.07. The first kappa shape index (κ1) is 18.2. The topological polar surface area (TPSA) is 50.8 Å². The maximum absolute atomic E-state index is 13.6. The van der Waals surface area contributed by atoms with Crippen LogP contribution in [0, 0.1) is 5.82 Å². The maximum Gasteiger partial charge on any atom is 0.241 e. The van der Waals surface area contributed by atoms with Crippen molar-refractivity contribution < 1.29 is 18.7 Å². The number of carbonyl (C=O) groups excluding carboxylic acids is 1. The Bertz CT molecular complexity index is 736. The summed E-state index contributed by atoms with van der Waals surface area (Å²) < 4.78 is 24.2. The van der Waals surface area contributed by atoms with Crippen LogP contribution in [-0.2, 0) is 4.79 Å². The van der Waals surface area contributed by atoms with Gasteiger partial charge >= 0.3 is 0 Å².